The normalized spacial score (nSPS) is 20.3. The quantitative estimate of drug-likeness (QED) is 0.864. The molecule has 2 fully saturated rings. The smallest absolute Gasteiger partial charge is 0.226 e. The Morgan fingerprint density at radius 3 is 2.43 bits per heavy atom. The van der Waals surface area contributed by atoms with E-state index in [0.29, 0.717) is 11.8 Å². The molecule has 3 nitrogen and oxygen atoms in total. The van der Waals surface area contributed by atoms with Gasteiger partial charge in [-0.05, 0) is 48.9 Å². The molecule has 2 saturated heterocycles. The van der Waals surface area contributed by atoms with Gasteiger partial charge in [-0.25, -0.2) is 0 Å². The van der Waals surface area contributed by atoms with E-state index in [-0.39, 0.29) is 18.3 Å². The molecule has 0 unspecified atom stereocenters. The highest BCUT2D eigenvalue weighted by molar-refractivity contribution is 9.10. The standard InChI is InChI=1S/C16H21BrN2O.ClH/c17-14-3-1-13(2-4-14)11-15(20)19-9-6-16(7-10-19)5-8-18-12-16;/h1-4,18H,5-12H2;1H. The maximum atomic E-state index is 12.4. The van der Waals surface area contributed by atoms with Gasteiger partial charge >= 0.3 is 0 Å². The van der Waals surface area contributed by atoms with Gasteiger partial charge in [0.1, 0.15) is 0 Å². The van der Waals surface area contributed by atoms with E-state index in [0.717, 1.165) is 49.1 Å². The summed E-state index contributed by atoms with van der Waals surface area (Å²) in [6, 6.07) is 8.04. The Morgan fingerprint density at radius 1 is 1.19 bits per heavy atom. The van der Waals surface area contributed by atoms with Gasteiger partial charge in [-0.1, -0.05) is 28.1 Å². The molecule has 2 aliphatic heterocycles. The average molecular weight is 374 g/mol. The Morgan fingerprint density at radius 2 is 1.86 bits per heavy atom. The number of likely N-dealkylation sites (tertiary alicyclic amines) is 1. The summed E-state index contributed by atoms with van der Waals surface area (Å²) in [6.45, 7) is 4.14. The van der Waals surface area contributed by atoms with Gasteiger partial charge in [0.05, 0.1) is 6.42 Å². The minimum atomic E-state index is 0. The first kappa shape index (κ1) is 16.8. The zero-order valence-corrected chi connectivity index (χ0v) is 14.5. The fraction of sp³-hybridized carbons (Fsp3) is 0.562. The molecule has 2 heterocycles. The molecule has 5 heteroatoms. The highest BCUT2D eigenvalue weighted by Gasteiger charge is 2.37. The molecule has 116 valence electrons. The summed E-state index contributed by atoms with van der Waals surface area (Å²) in [4.78, 5) is 14.4. The summed E-state index contributed by atoms with van der Waals surface area (Å²) >= 11 is 3.42. The summed E-state index contributed by atoms with van der Waals surface area (Å²) in [5, 5.41) is 3.46. The van der Waals surface area contributed by atoms with Gasteiger partial charge in [-0.3, -0.25) is 4.79 Å². The zero-order chi connectivity index (χ0) is 14.0. The van der Waals surface area contributed by atoms with Crippen molar-refractivity contribution in [2.75, 3.05) is 26.2 Å². The average Bonchev–Trinajstić information content (AvgIpc) is 2.90. The van der Waals surface area contributed by atoms with Crippen LogP contribution < -0.4 is 5.32 Å². The van der Waals surface area contributed by atoms with E-state index in [2.05, 4.69) is 21.2 Å². The highest BCUT2D eigenvalue weighted by atomic mass is 79.9. The Labute approximate surface area is 141 Å². The number of benzene rings is 1. The number of hydrogen-bond acceptors (Lipinski definition) is 2. The van der Waals surface area contributed by atoms with Crippen molar-refractivity contribution in [1.82, 2.24) is 10.2 Å². The summed E-state index contributed by atoms with van der Waals surface area (Å²) < 4.78 is 1.06. The van der Waals surface area contributed by atoms with Crippen LogP contribution in [-0.2, 0) is 11.2 Å². The van der Waals surface area contributed by atoms with E-state index in [1.807, 2.05) is 29.2 Å². The molecule has 0 aliphatic carbocycles. The van der Waals surface area contributed by atoms with Crippen LogP contribution in [0, 0.1) is 5.41 Å². The van der Waals surface area contributed by atoms with E-state index in [1.165, 1.54) is 6.42 Å². The van der Waals surface area contributed by atoms with Crippen LogP contribution in [0.5, 0.6) is 0 Å². The van der Waals surface area contributed by atoms with E-state index in [1.54, 1.807) is 0 Å². The van der Waals surface area contributed by atoms with Gasteiger partial charge in [0.2, 0.25) is 5.91 Å². The molecule has 1 aromatic rings. The number of rotatable bonds is 2. The van der Waals surface area contributed by atoms with Crippen molar-refractivity contribution in [3.05, 3.63) is 34.3 Å². The van der Waals surface area contributed by atoms with Crippen LogP contribution in [0.3, 0.4) is 0 Å². The lowest BCUT2D eigenvalue weighted by molar-refractivity contribution is -0.132. The van der Waals surface area contributed by atoms with E-state index < -0.39 is 0 Å². The fourth-order valence-corrected chi connectivity index (χ4v) is 3.61. The monoisotopic (exact) mass is 372 g/mol. The second kappa shape index (κ2) is 7.12. The molecule has 0 saturated carbocycles. The largest absolute Gasteiger partial charge is 0.342 e. The number of nitrogens with one attached hydrogen (secondary N) is 1. The first-order valence-electron chi connectivity index (χ1n) is 7.40. The highest BCUT2D eigenvalue weighted by Crippen LogP contribution is 2.36. The van der Waals surface area contributed by atoms with E-state index in [9.17, 15) is 4.79 Å². The Bertz CT molecular complexity index is 476. The number of carbonyl (C=O) groups is 1. The molecule has 1 aromatic carbocycles. The second-order valence-corrected chi connectivity index (χ2v) is 7.03. The second-order valence-electron chi connectivity index (χ2n) is 6.11. The van der Waals surface area contributed by atoms with Crippen molar-refractivity contribution >= 4 is 34.2 Å². The fourth-order valence-electron chi connectivity index (χ4n) is 3.34. The number of amides is 1. The molecule has 21 heavy (non-hydrogen) atoms. The van der Waals surface area contributed by atoms with Crippen LogP contribution in [0.15, 0.2) is 28.7 Å². The van der Waals surface area contributed by atoms with Gasteiger partial charge < -0.3 is 10.2 Å². The van der Waals surface area contributed by atoms with Gasteiger partial charge in [0, 0.05) is 24.1 Å². The number of halogens is 2. The minimum absolute atomic E-state index is 0. The van der Waals surface area contributed by atoms with Crippen LogP contribution in [0.4, 0.5) is 0 Å². The SMILES string of the molecule is Cl.O=C(Cc1ccc(Br)cc1)N1CCC2(CCNC2)CC1. The molecule has 0 aromatic heterocycles. The van der Waals surface area contributed by atoms with Crippen LogP contribution in [0.1, 0.15) is 24.8 Å². The first-order valence-corrected chi connectivity index (χ1v) is 8.19. The van der Waals surface area contributed by atoms with Gasteiger partial charge in [0.25, 0.3) is 0 Å². The van der Waals surface area contributed by atoms with Gasteiger partial charge in [-0.2, -0.15) is 0 Å². The van der Waals surface area contributed by atoms with Crippen molar-refractivity contribution in [2.45, 2.75) is 25.7 Å². The number of piperidine rings is 1. The maximum Gasteiger partial charge on any atom is 0.226 e. The Kier molecular flexibility index (Phi) is 5.69. The van der Waals surface area contributed by atoms with Crippen molar-refractivity contribution in [2.24, 2.45) is 5.41 Å². The number of carbonyl (C=O) groups excluding carboxylic acids is 1. The van der Waals surface area contributed by atoms with Crippen LogP contribution in [-0.4, -0.2) is 37.0 Å². The summed E-state index contributed by atoms with van der Waals surface area (Å²) in [5.74, 6) is 0.271. The van der Waals surface area contributed by atoms with Crippen LogP contribution in [0.2, 0.25) is 0 Å². The predicted octanol–water partition coefficient (Wildman–Crippen LogP) is 3.02. The summed E-state index contributed by atoms with van der Waals surface area (Å²) in [6.07, 6.45) is 4.12. The maximum absolute atomic E-state index is 12.4. The van der Waals surface area contributed by atoms with Crippen molar-refractivity contribution in [1.29, 1.82) is 0 Å². The third kappa shape index (κ3) is 3.99. The predicted molar refractivity (Wildman–Crippen MR) is 90.8 cm³/mol. The molecule has 1 spiro atoms. The van der Waals surface area contributed by atoms with Crippen molar-refractivity contribution < 1.29 is 4.79 Å². The molecule has 1 amide bonds. The Hall–Kier alpha value is -0.580. The number of nitrogens with zero attached hydrogens (tertiary/aromatic N) is 1. The summed E-state index contributed by atoms with van der Waals surface area (Å²) in [7, 11) is 0. The third-order valence-electron chi connectivity index (χ3n) is 4.78. The topological polar surface area (TPSA) is 32.3 Å². The van der Waals surface area contributed by atoms with Crippen molar-refractivity contribution in [3.63, 3.8) is 0 Å². The lowest BCUT2D eigenvalue weighted by Crippen LogP contribution is -2.44. The lowest BCUT2D eigenvalue weighted by Gasteiger charge is -2.39. The molecule has 1 N–H and O–H groups in total. The third-order valence-corrected chi connectivity index (χ3v) is 5.31. The minimum Gasteiger partial charge on any atom is -0.342 e. The first-order chi connectivity index (χ1) is 9.67. The lowest BCUT2D eigenvalue weighted by atomic mass is 9.78. The molecular weight excluding hydrogens is 352 g/mol. The van der Waals surface area contributed by atoms with Crippen LogP contribution >= 0.6 is 28.3 Å². The molecule has 3 rings (SSSR count). The van der Waals surface area contributed by atoms with Crippen LogP contribution in [0.25, 0.3) is 0 Å². The van der Waals surface area contributed by atoms with Gasteiger partial charge in [-0.15, -0.1) is 12.4 Å². The molecule has 0 radical (unpaired) electrons. The molecular formula is C16H22BrClN2O. The van der Waals surface area contributed by atoms with Gasteiger partial charge in [0.15, 0.2) is 0 Å². The molecule has 0 bridgehead atoms. The molecule has 2 aliphatic rings. The van der Waals surface area contributed by atoms with E-state index in [4.69, 9.17) is 0 Å². The van der Waals surface area contributed by atoms with Crippen molar-refractivity contribution in [3.8, 4) is 0 Å². The van der Waals surface area contributed by atoms with E-state index >= 15 is 0 Å². The Balaban J connectivity index is 0.00000161. The number of hydrogen-bond donors (Lipinski definition) is 1. The summed E-state index contributed by atoms with van der Waals surface area (Å²) in [5.41, 5.74) is 1.58. The zero-order valence-electron chi connectivity index (χ0n) is 12.1. The molecule has 0 atom stereocenters.